The monoisotopic (exact) mass is 335 g/mol. The second-order valence-electron chi connectivity index (χ2n) is 4.65. The molecule has 5 heteroatoms. The van der Waals surface area contributed by atoms with E-state index >= 15 is 0 Å². The van der Waals surface area contributed by atoms with Crippen LogP contribution in [0, 0.1) is 6.92 Å². The Morgan fingerprint density at radius 1 is 1.33 bits per heavy atom. The third-order valence-electron chi connectivity index (χ3n) is 3.05. The van der Waals surface area contributed by atoms with E-state index in [9.17, 15) is 0 Å². The highest BCUT2D eigenvalue weighted by Crippen LogP contribution is 2.21. The zero-order chi connectivity index (χ0) is 13.5. The highest BCUT2D eigenvalue weighted by molar-refractivity contribution is 9.09. The minimum absolute atomic E-state index is 0.823. The van der Waals surface area contributed by atoms with Crippen molar-refractivity contribution in [1.82, 2.24) is 14.7 Å². The van der Waals surface area contributed by atoms with Crippen LogP contribution in [-0.2, 0) is 13.1 Å². The lowest BCUT2D eigenvalue weighted by atomic mass is 10.2. The van der Waals surface area contributed by atoms with Gasteiger partial charge in [-0.05, 0) is 40.3 Å². The third kappa shape index (κ3) is 4.56. The van der Waals surface area contributed by atoms with Crippen LogP contribution in [0.2, 0.25) is 5.02 Å². The molecule has 0 bridgehead atoms. The second kappa shape index (κ2) is 8.18. The number of hydrogen-bond donors (Lipinski definition) is 0. The largest absolute Gasteiger partial charge is 0.301 e. The first-order valence-corrected chi connectivity index (χ1v) is 8.06. The Labute approximate surface area is 124 Å². The number of rotatable bonds is 8. The van der Waals surface area contributed by atoms with Gasteiger partial charge in [-0.1, -0.05) is 34.0 Å². The number of aryl methyl sites for hydroxylation is 2. The van der Waals surface area contributed by atoms with Gasteiger partial charge in [0.15, 0.2) is 0 Å². The van der Waals surface area contributed by atoms with Crippen molar-refractivity contribution in [3.8, 4) is 0 Å². The van der Waals surface area contributed by atoms with Gasteiger partial charge in [-0.25, -0.2) is 0 Å². The Kier molecular flexibility index (Phi) is 7.27. The molecule has 3 nitrogen and oxygen atoms in total. The first-order chi connectivity index (χ1) is 8.60. The van der Waals surface area contributed by atoms with Crippen molar-refractivity contribution in [2.24, 2.45) is 0 Å². The Hall–Kier alpha value is -0.0600. The molecule has 0 saturated heterocycles. The molecule has 1 heterocycles. The van der Waals surface area contributed by atoms with E-state index < -0.39 is 0 Å². The summed E-state index contributed by atoms with van der Waals surface area (Å²) in [4.78, 5) is 2.32. The van der Waals surface area contributed by atoms with Gasteiger partial charge in [0.05, 0.1) is 16.4 Å². The lowest BCUT2D eigenvalue weighted by Crippen LogP contribution is -2.21. The van der Waals surface area contributed by atoms with Crippen LogP contribution in [-0.4, -0.2) is 33.6 Å². The molecule has 0 saturated carbocycles. The van der Waals surface area contributed by atoms with E-state index in [0.29, 0.717) is 0 Å². The zero-order valence-corrected chi connectivity index (χ0v) is 13.9. The molecular weight excluding hydrogens is 314 g/mol. The minimum Gasteiger partial charge on any atom is -0.301 e. The van der Waals surface area contributed by atoms with Crippen molar-refractivity contribution in [3.05, 3.63) is 16.4 Å². The summed E-state index contributed by atoms with van der Waals surface area (Å²) >= 11 is 9.76. The fourth-order valence-corrected chi connectivity index (χ4v) is 2.60. The maximum atomic E-state index is 6.30. The predicted molar refractivity (Wildman–Crippen MR) is 81.6 cm³/mol. The van der Waals surface area contributed by atoms with E-state index in [1.807, 2.05) is 11.6 Å². The molecule has 0 radical (unpaired) electrons. The van der Waals surface area contributed by atoms with Gasteiger partial charge in [0.1, 0.15) is 0 Å². The second-order valence-corrected chi connectivity index (χ2v) is 5.82. The van der Waals surface area contributed by atoms with Crippen LogP contribution in [0.25, 0.3) is 0 Å². The summed E-state index contributed by atoms with van der Waals surface area (Å²) in [6, 6.07) is 0. The van der Waals surface area contributed by atoms with E-state index in [2.05, 4.69) is 39.9 Å². The van der Waals surface area contributed by atoms with Crippen LogP contribution in [0.3, 0.4) is 0 Å². The van der Waals surface area contributed by atoms with Gasteiger partial charge in [-0.15, -0.1) is 0 Å². The SMILES string of the molecule is CCn1nc(C)c(Cl)c1CN(C)CCCCCBr. The first-order valence-electron chi connectivity index (χ1n) is 6.56. The summed E-state index contributed by atoms with van der Waals surface area (Å²) in [6.07, 6.45) is 3.76. The van der Waals surface area contributed by atoms with Crippen molar-refractivity contribution in [3.63, 3.8) is 0 Å². The number of aromatic nitrogens is 2. The highest BCUT2D eigenvalue weighted by Gasteiger charge is 2.13. The van der Waals surface area contributed by atoms with Crippen molar-refractivity contribution in [2.75, 3.05) is 18.9 Å². The van der Waals surface area contributed by atoms with E-state index in [1.165, 1.54) is 19.3 Å². The maximum absolute atomic E-state index is 6.30. The Balaban J connectivity index is 2.50. The topological polar surface area (TPSA) is 21.1 Å². The summed E-state index contributed by atoms with van der Waals surface area (Å²) in [5, 5.41) is 6.37. The number of hydrogen-bond acceptors (Lipinski definition) is 2. The average Bonchev–Trinajstić information content (AvgIpc) is 2.62. The Morgan fingerprint density at radius 3 is 2.67 bits per heavy atom. The molecule has 0 aromatic carbocycles. The smallest absolute Gasteiger partial charge is 0.0860 e. The van der Waals surface area contributed by atoms with Gasteiger partial charge >= 0.3 is 0 Å². The quantitative estimate of drug-likeness (QED) is 0.531. The van der Waals surface area contributed by atoms with Crippen molar-refractivity contribution >= 4 is 27.5 Å². The minimum atomic E-state index is 0.823. The normalized spacial score (nSPS) is 11.4. The molecular formula is C13H23BrClN3. The van der Waals surface area contributed by atoms with Crippen molar-refractivity contribution < 1.29 is 0 Å². The van der Waals surface area contributed by atoms with Crippen LogP contribution in [0.1, 0.15) is 37.6 Å². The lowest BCUT2D eigenvalue weighted by molar-refractivity contribution is 0.307. The van der Waals surface area contributed by atoms with Crippen LogP contribution in [0.15, 0.2) is 0 Å². The molecule has 0 spiro atoms. The van der Waals surface area contributed by atoms with Crippen LogP contribution >= 0.6 is 27.5 Å². The summed E-state index contributed by atoms with van der Waals surface area (Å²) in [5.74, 6) is 0. The Morgan fingerprint density at radius 2 is 2.06 bits per heavy atom. The van der Waals surface area contributed by atoms with E-state index in [0.717, 1.165) is 41.4 Å². The fraction of sp³-hybridized carbons (Fsp3) is 0.769. The van der Waals surface area contributed by atoms with Gasteiger partial charge in [-0.3, -0.25) is 4.68 Å². The van der Waals surface area contributed by atoms with Gasteiger partial charge in [0, 0.05) is 18.4 Å². The molecule has 0 aliphatic heterocycles. The molecule has 1 aromatic rings. The van der Waals surface area contributed by atoms with Crippen LogP contribution in [0.4, 0.5) is 0 Å². The number of nitrogens with zero attached hydrogens (tertiary/aromatic N) is 3. The molecule has 1 aromatic heterocycles. The molecule has 0 aliphatic rings. The summed E-state index contributed by atoms with van der Waals surface area (Å²) in [7, 11) is 2.15. The van der Waals surface area contributed by atoms with Gasteiger partial charge < -0.3 is 4.90 Å². The summed E-state index contributed by atoms with van der Waals surface area (Å²) < 4.78 is 2.01. The van der Waals surface area contributed by atoms with Crippen molar-refractivity contribution in [1.29, 1.82) is 0 Å². The van der Waals surface area contributed by atoms with E-state index in [1.54, 1.807) is 0 Å². The molecule has 1 rings (SSSR count). The predicted octanol–water partition coefficient (Wildman–Crippen LogP) is 3.86. The third-order valence-corrected chi connectivity index (χ3v) is 4.10. The molecule has 0 atom stereocenters. The Bertz CT molecular complexity index is 365. The zero-order valence-electron chi connectivity index (χ0n) is 11.5. The summed E-state index contributed by atoms with van der Waals surface area (Å²) in [6.45, 7) is 6.93. The number of unbranched alkanes of at least 4 members (excludes halogenated alkanes) is 2. The first kappa shape index (κ1) is 16.0. The fourth-order valence-electron chi connectivity index (χ4n) is 2.01. The molecule has 18 heavy (non-hydrogen) atoms. The summed E-state index contributed by atoms with van der Waals surface area (Å²) in [5.41, 5.74) is 2.07. The molecule has 0 N–H and O–H groups in total. The standard InChI is InChI=1S/C13H23BrClN3/c1-4-18-12(13(15)11(2)16-18)10-17(3)9-7-5-6-8-14/h4-10H2,1-3H3. The number of alkyl halides is 1. The highest BCUT2D eigenvalue weighted by atomic mass is 79.9. The van der Waals surface area contributed by atoms with Gasteiger partial charge in [-0.2, -0.15) is 5.10 Å². The molecule has 0 unspecified atom stereocenters. The average molecular weight is 337 g/mol. The van der Waals surface area contributed by atoms with Gasteiger partial charge in [0.2, 0.25) is 0 Å². The number of halogens is 2. The molecule has 104 valence electrons. The molecule has 0 fully saturated rings. The maximum Gasteiger partial charge on any atom is 0.0860 e. The van der Waals surface area contributed by atoms with Crippen LogP contribution < -0.4 is 0 Å². The molecule has 0 aliphatic carbocycles. The van der Waals surface area contributed by atoms with Crippen molar-refractivity contribution in [2.45, 2.75) is 46.2 Å². The van der Waals surface area contributed by atoms with Crippen LogP contribution in [0.5, 0.6) is 0 Å². The van der Waals surface area contributed by atoms with Gasteiger partial charge in [0.25, 0.3) is 0 Å². The van der Waals surface area contributed by atoms with E-state index in [-0.39, 0.29) is 0 Å². The molecule has 0 amide bonds. The van der Waals surface area contributed by atoms with E-state index in [4.69, 9.17) is 11.6 Å². The lowest BCUT2D eigenvalue weighted by Gasteiger charge is -2.17.